The summed E-state index contributed by atoms with van der Waals surface area (Å²) in [6.07, 6.45) is 1.34. The molecule has 34 heavy (non-hydrogen) atoms. The van der Waals surface area contributed by atoms with Gasteiger partial charge in [-0.25, -0.2) is 14.5 Å². The zero-order chi connectivity index (χ0) is 24.1. The fourth-order valence-corrected chi connectivity index (χ4v) is 3.82. The predicted molar refractivity (Wildman–Crippen MR) is 125 cm³/mol. The number of nitrogens with one attached hydrogen (secondary N) is 1. The SMILES string of the molecule is CCCc1cc(=O)n(CC(=O)OC)c(=O)n1Cc1ccc(-c2ccccc2-c2nnn[nH]2)cc1. The minimum Gasteiger partial charge on any atom is -0.468 e. The molecule has 10 heteroatoms. The van der Waals surface area contributed by atoms with E-state index >= 15 is 0 Å². The van der Waals surface area contributed by atoms with Gasteiger partial charge in [0.1, 0.15) is 6.54 Å². The van der Waals surface area contributed by atoms with E-state index in [9.17, 15) is 14.4 Å². The molecule has 0 amide bonds. The van der Waals surface area contributed by atoms with Gasteiger partial charge in [-0.15, -0.1) is 5.10 Å². The third kappa shape index (κ3) is 4.70. The van der Waals surface area contributed by atoms with E-state index < -0.39 is 23.8 Å². The van der Waals surface area contributed by atoms with Gasteiger partial charge >= 0.3 is 11.7 Å². The highest BCUT2D eigenvalue weighted by molar-refractivity contribution is 5.80. The number of hydrogen-bond donors (Lipinski definition) is 1. The summed E-state index contributed by atoms with van der Waals surface area (Å²) >= 11 is 0. The average molecular weight is 460 g/mol. The maximum atomic E-state index is 13.1. The lowest BCUT2D eigenvalue weighted by Crippen LogP contribution is -2.43. The molecule has 0 atom stereocenters. The smallest absolute Gasteiger partial charge is 0.332 e. The minimum absolute atomic E-state index is 0.267. The standard InChI is InChI=1S/C24H24N6O4/c1-3-6-18-13-21(31)30(15-22(32)34-2)24(33)29(18)14-16-9-11-17(12-10-16)19-7-4-5-8-20(19)23-25-27-28-26-23/h4-5,7-13H,3,6,14-15H2,1-2H3,(H,25,26,27,28). The number of hydrogen-bond acceptors (Lipinski definition) is 7. The lowest BCUT2D eigenvalue weighted by molar-refractivity contribution is -0.141. The van der Waals surface area contributed by atoms with E-state index in [1.165, 1.54) is 17.7 Å². The molecule has 0 spiro atoms. The lowest BCUT2D eigenvalue weighted by Gasteiger charge is -2.15. The summed E-state index contributed by atoms with van der Waals surface area (Å²) in [5.74, 6) is -0.0812. The van der Waals surface area contributed by atoms with Crippen LogP contribution in [-0.2, 0) is 29.0 Å². The van der Waals surface area contributed by atoms with E-state index in [0.717, 1.165) is 33.2 Å². The Hall–Kier alpha value is -4.34. The normalized spacial score (nSPS) is 10.9. The number of esters is 1. The number of ether oxygens (including phenoxy) is 1. The first-order valence-corrected chi connectivity index (χ1v) is 10.8. The third-order valence-electron chi connectivity index (χ3n) is 5.52. The molecular formula is C24H24N6O4. The van der Waals surface area contributed by atoms with Crippen LogP contribution in [0.3, 0.4) is 0 Å². The molecule has 2 aromatic carbocycles. The molecule has 0 saturated heterocycles. The maximum absolute atomic E-state index is 13.1. The molecule has 2 heterocycles. The summed E-state index contributed by atoms with van der Waals surface area (Å²) in [6.45, 7) is 1.82. The van der Waals surface area contributed by atoms with Gasteiger partial charge in [0, 0.05) is 17.3 Å². The first kappa shape index (κ1) is 22.8. The Morgan fingerprint density at radius 1 is 1.03 bits per heavy atom. The van der Waals surface area contributed by atoms with Gasteiger partial charge in [-0.3, -0.25) is 14.2 Å². The summed E-state index contributed by atoms with van der Waals surface area (Å²) in [4.78, 5) is 37.3. The number of benzene rings is 2. The second-order valence-corrected chi connectivity index (χ2v) is 7.75. The van der Waals surface area contributed by atoms with Crippen molar-refractivity contribution in [3.63, 3.8) is 0 Å². The van der Waals surface area contributed by atoms with Crippen molar-refractivity contribution in [2.24, 2.45) is 0 Å². The summed E-state index contributed by atoms with van der Waals surface area (Å²) in [5, 5.41) is 14.1. The Labute approximate surface area is 194 Å². The summed E-state index contributed by atoms with van der Waals surface area (Å²) in [5.41, 5.74) is 3.26. The van der Waals surface area contributed by atoms with E-state index in [1.54, 1.807) is 0 Å². The predicted octanol–water partition coefficient (Wildman–Crippen LogP) is 2.03. The highest BCUT2D eigenvalue weighted by atomic mass is 16.5. The topological polar surface area (TPSA) is 125 Å². The van der Waals surface area contributed by atoms with Crippen molar-refractivity contribution in [3.8, 4) is 22.5 Å². The van der Waals surface area contributed by atoms with Crippen molar-refractivity contribution < 1.29 is 9.53 Å². The second-order valence-electron chi connectivity index (χ2n) is 7.75. The van der Waals surface area contributed by atoms with Crippen molar-refractivity contribution in [2.75, 3.05) is 7.11 Å². The summed E-state index contributed by atoms with van der Waals surface area (Å²) in [6, 6.07) is 17.0. The molecule has 0 bridgehead atoms. The van der Waals surface area contributed by atoms with Crippen LogP contribution in [-0.4, -0.2) is 42.8 Å². The van der Waals surface area contributed by atoms with E-state index in [1.807, 2.05) is 55.5 Å². The van der Waals surface area contributed by atoms with Crippen molar-refractivity contribution in [1.82, 2.24) is 29.8 Å². The molecule has 10 nitrogen and oxygen atoms in total. The van der Waals surface area contributed by atoms with Crippen molar-refractivity contribution in [3.05, 3.63) is 86.7 Å². The fraction of sp³-hybridized carbons (Fsp3) is 0.250. The van der Waals surface area contributed by atoms with E-state index in [2.05, 4.69) is 25.4 Å². The number of aromatic amines is 1. The number of tetrazole rings is 1. The van der Waals surface area contributed by atoms with Crippen LogP contribution >= 0.6 is 0 Å². The molecule has 4 aromatic rings. The minimum atomic E-state index is -0.654. The quantitative estimate of drug-likeness (QED) is 0.399. The largest absolute Gasteiger partial charge is 0.468 e. The Morgan fingerprint density at radius 2 is 1.76 bits per heavy atom. The number of aryl methyl sites for hydroxylation is 1. The molecule has 0 fully saturated rings. The molecule has 0 aliphatic rings. The molecule has 0 unspecified atom stereocenters. The molecule has 2 aromatic heterocycles. The van der Waals surface area contributed by atoms with Gasteiger partial charge in [-0.2, -0.15) is 0 Å². The first-order valence-electron chi connectivity index (χ1n) is 10.8. The van der Waals surface area contributed by atoms with E-state index in [0.29, 0.717) is 17.9 Å². The molecular weight excluding hydrogens is 436 g/mol. The molecule has 1 N–H and O–H groups in total. The molecule has 0 aliphatic carbocycles. The fourth-order valence-electron chi connectivity index (χ4n) is 3.82. The van der Waals surface area contributed by atoms with Gasteiger partial charge in [-0.1, -0.05) is 61.9 Å². The molecule has 4 rings (SSSR count). The summed E-state index contributed by atoms with van der Waals surface area (Å²) < 4.78 is 7.07. The van der Waals surface area contributed by atoms with Crippen LogP contribution in [0.1, 0.15) is 24.6 Å². The second kappa shape index (κ2) is 10.1. The van der Waals surface area contributed by atoms with Crippen LogP contribution in [0.2, 0.25) is 0 Å². The Morgan fingerprint density at radius 3 is 2.41 bits per heavy atom. The van der Waals surface area contributed by atoms with Gasteiger partial charge in [-0.05, 0) is 33.5 Å². The monoisotopic (exact) mass is 460 g/mol. The molecule has 0 saturated carbocycles. The van der Waals surface area contributed by atoms with Crippen LogP contribution in [0, 0.1) is 0 Å². The van der Waals surface area contributed by atoms with E-state index in [-0.39, 0.29) is 6.54 Å². The number of nitrogens with zero attached hydrogens (tertiary/aromatic N) is 5. The molecule has 0 aliphatic heterocycles. The zero-order valence-corrected chi connectivity index (χ0v) is 18.9. The molecule has 0 radical (unpaired) electrons. The van der Waals surface area contributed by atoms with Gasteiger partial charge in [0.2, 0.25) is 0 Å². The number of carbonyl (C=O) groups is 1. The van der Waals surface area contributed by atoms with Crippen LogP contribution in [0.15, 0.2) is 64.2 Å². The number of carbonyl (C=O) groups excluding carboxylic acids is 1. The van der Waals surface area contributed by atoms with Crippen molar-refractivity contribution in [1.29, 1.82) is 0 Å². The number of aromatic nitrogens is 6. The average Bonchev–Trinajstić information content (AvgIpc) is 3.39. The molecule has 174 valence electrons. The zero-order valence-electron chi connectivity index (χ0n) is 18.9. The van der Waals surface area contributed by atoms with Crippen LogP contribution in [0.25, 0.3) is 22.5 Å². The third-order valence-corrected chi connectivity index (χ3v) is 5.52. The van der Waals surface area contributed by atoms with Gasteiger partial charge < -0.3 is 4.74 Å². The van der Waals surface area contributed by atoms with Crippen LogP contribution < -0.4 is 11.2 Å². The van der Waals surface area contributed by atoms with Crippen LogP contribution in [0.4, 0.5) is 0 Å². The van der Waals surface area contributed by atoms with Gasteiger partial charge in [0.25, 0.3) is 5.56 Å². The Kier molecular flexibility index (Phi) is 6.77. The van der Waals surface area contributed by atoms with Crippen LogP contribution in [0.5, 0.6) is 0 Å². The number of rotatable bonds is 8. The Bertz CT molecular complexity index is 1400. The van der Waals surface area contributed by atoms with Crippen molar-refractivity contribution >= 4 is 5.97 Å². The lowest BCUT2D eigenvalue weighted by atomic mass is 9.98. The van der Waals surface area contributed by atoms with E-state index in [4.69, 9.17) is 0 Å². The van der Waals surface area contributed by atoms with Gasteiger partial charge in [0.05, 0.1) is 13.7 Å². The maximum Gasteiger partial charge on any atom is 0.332 e. The first-order chi connectivity index (χ1) is 16.5. The Balaban J connectivity index is 1.68. The van der Waals surface area contributed by atoms with Crippen molar-refractivity contribution in [2.45, 2.75) is 32.9 Å². The highest BCUT2D eigenvalue weighted by Crippen LogP contribution is 2.29. The number of methoxy groups -OCH3 is 1. The van der Waals surface area contributed by atoms with Gasteiger partial charge in [0.15, 0.2) is 5.82 Å². The summed E-state index contributed by atoms with van der Waals surface area (Å²) in [7, 11) is 1.22. The highest BCUT2D eigenvalue weighted by Gasteiger charge is 2.15. The number of H-pyrrole nitrogens is 1.